The Morgan fingerprint density at radius 1 is 1.59 bits per heavy atom. The van der Waals surface area contributed by atoms with Crippen molar-refractivity contribution in [3.8, 4) is 0 Å². The Hall–Kier alpha value is -0.490. The van der Waals surface area contributed by atoms with Gasteiger partial charge in [0.05, 0.1) is 18.8 Å². The zero-order valence-electron chi connectivity index (χ0n) is 9.70. The van der Waals surface area contributed by atoms with Gasteiger partial charge >= 0.3 is 0 Å². The van der Waals surface area contributed by atoms with Gasteiger partial charge in [-0.1, -0.05) is 15.9 Å². The molecular formula is C12H16BrFN2O. The summed E-state index contributed by atoms with van der Waals surface area (Å²) in [4.78, 5) is 2.14. The van der Waals surface area contributed by atoms with Crippen LogP contribution < -0.4 is 5.73 Å². The number of nitrogens with two attached hydrogens (primary N) is 1. The summed E-state index contributed by atoms with van der Waals surface area (Å²) < 4.78 is 20.1. The fourth-order valence-corrected chi connectivity index (χ4v) is 2.38. The summed E-state index contributed by atoms with van der Waals surface area (Å²) in [5.41, 5.74) is 6.59. The van der Waals surface area contributed by atoms with Crippen LogP contribution in [0.5, 0.6) is 0 Å². The highest BCUT2D eigenvalue weighted by atomic mass is 79.9. The van der Waals surface area contributed by atoms with E-state index in [2.05, 4.69) is 20.8 Å². The molecule has 0 saturated carbocycles. The second-order valence-corrected chi connectivity index (χ2v) is 5.28. The van der Waals surface area contributed by atoms with Gasteiger partial charge in [-0.05, 0) is 25.2 Å². The summed E-state index contributed by atoms with van der Waals surface area (Å²) in [6, 6.07) is 4.37. The molecule has 2 unspecified atom stereocenters. The second kappa shape index (κ2) is 5.44. The molecule has 0 amide bonds. The third-order valence-electron chi connectivity index (χ3n) is 3.01. The van der Waals surface area contributed by atoms with Crippen LogP contribution in [0.15, 0.2) is 22.7 Å². The van der Waals surface area contributed by atoms with Crippen molar-refractivity contribution in [1.29, 1.82) is 0 Å². The lowest BCUT2D eigenvalue weighted by atomic mass is 10.0. The van der Waals surface area contributed by atoms with E-state index in [0.717, 1.165) is 17.6 Å². The van der Waals surface area contributed by atoms with Crippen molar-refractivity contribution in [3.05, 3.63) is 34.1 Å². The molecule has 5 heteroatoms. The monoisotopic (exact) mass is 302 g/mol. The van der Waals surface area contributed by atoms with Gasteiger partial charge in [-0.25, -0.2) is 4.39 Å². The molecule has 1 aromatic carbocycles. The first-order valence-electron chi connectivity index (χ1n) is 5.58. The SMILES string of the molecule is CN1CCOC(C(N)c2cc(Br)ccc2F)C1. The van der Waals surface area contributed by atoms with Crippen LogP contribution in [-0.2, 0) is 4.74 Å². The largest absolute Gasteiger partial charge is 0.374 e. The lowest BCUT2D eigenvalue weighted by Gasteiger charge is -2.33. The van der Waals surface area contributed by atoms with Crippen LogP contribution in [0, 0.1) is 5.82 Å². The van der Waals surface area contributed by atoms with Crippen LogP contribution in [-0.4, -0.2) is 37.7 Å². The van der Waals surface area contributed by atoms with E-state index < -0.39 is 6.04 Å². The van der Waals surface area contributed by atoms with E-state index in [1.807, 2.05) is 7.05 Å². The van der Waals surface area contributed by atoms with Gasteiger partial charge in [0.15, 0.2) is 0 Å². The Bertz CT molecular complexity index is 402. The molecule has 0 aliphatic carbocycles. The Kier molecular flexibility index (Phi) is 4.14. The minimum absolute atomic E-state index is 0.155. The van der Waals surface area contributed by atoms with Gasteiger partial charge in [-0.3, -0.25) is 0 Å². The Labute approximate surface area is 109 Å². The molecule has 1 saturated heterocycles. The Morgan fingerprint density at radius 3 is 3.06 bits per heavy atom. The van der Waals surface area contributed by atoms with E-state index in [0.29, 0.717) is 12.2 Å². The summed E-state index contributed by atoms with van der Waals surface area (Å²) in [6.45, 7) is 2.27. The topological polar surface area (TPSA) is 38.5 Å². The number of halogens is 2. The van der Waals surface area contributed by atoms with Crippen LogP contribution in [0.2, 0.25) is 0 Å². The highest BCUT2D eigenvalue weighted by molar-refractivity contribution is 9.10. The van der Waals surface area contributed by atoms with Crippen molar-refractivity contribution >= 4 is 15.9 Å². The van der Waals surface area contributed by atoms with Crippen LogP contribution in [0.4, 0.5) is 4.39 Å². The maximum Gasteiger partial charge on any atom is 0.128 e. The van der Waals surface area contributed by atoms with Gasteiger partial charge in [0.1, 0.15) is 5.82 Å². The predicted octanol–water partition coefficient (Wildman–Crippen LogP) is 1.92. The molecule has 2 atom stereocenters. The van der Waals surface area contributed by atoms with Gasteiger partial charge in [-0.15, -0.1) is 0 Å². The fourth-order valence-electron chi connectivity index (χ4n) is 2.00. The van der Waals surface area contributed by atoms with Gasteiger partial charge < -0.3 is 15.4 Å². The van der Waals surface area contributed by atoms with Crippen molar-refractivity contribution in [2.45, 2.75) is 12.1 Å². The lowest BCUT2D eigenvalue weighted by Crippen LogP contribution is -2.45. The molecule has 0 radical (unpaired) electrons. The van der Waals surface area contributed by atoms with Crippen LogP contribution in [0.1, 0.15) is 11.6 Å². The van der Waals surface area contributed by atoms with Crippen molar-refractivity contribution in [2.75, 3.05) is 26.7 Å². The first-order valence-corrected chi connectivity index (χ1v) is 6.38. The number of rotatable bonds is 2. The summed E-state index contributed by atoms with van der Waals surface area (Å²) in [5, 5.41) is 0. The molecule has 1 heterocycles. The van der Waals surface area contributed by atoms with E-state index in [1.165, 1.54) is 6.07 Å². The van der Waals surface area contributed by atoms with Gasteiger partial charge in [0, 0.05) is 23.1 Å². The average molecular weight is 303 g/mol. The number of morpholine rings is 1. The minimum atomic E-state index is -0.435. The molecule has 1 aliphatic rings. The van der Waals surface area contributed by atoms with E-state index in [1.54, 1.807) is 12.1 Å². The van der Waals surface area contributed by atoms with Gasteiger partial charge in [-0.2, -0.15) is 0 Å². The van der Waals surface area contributed by atoms with Crippen molar-refractivity contribution in [2.24, 2.45) is 5.73 Å². The zero-order valence-corrected chi connectivity index (χ0v) is 11.3. The quantitative estimate of drug-likeness (QED) is 0.907. The number of nitrogens with zero attached hydrogens (tertiary/aromatic N) is 1. The average Bonchev–Trinajstić information content (AvgIpc) is 2.31. The summed E-state index contributed by atoms with van der Waals surface area (Å²) in [5.74, 6) is -0.280. The van der Waals surface area contributed by atoms with E-state index >= 15 is 0 Å². The van der Waals surface area contributed by atoms with Gasteiger partial charge in [0.25, 0.3) is 0 Å². The fraction of sp³-hybridized carbons (Fsp3) is 0.500. The van der Waals surface area contributed by atoms with Crippen LogP contribution in [0.25, 0.3) is 0 Å². The number of hydrogen-bond donors (Lipinski definition) is 1. The third-order valence-corrected chi connectivity index (χ3v) is 3.51. The Balaban J connectivity index is 2.18. The molecular weight excluding hydrogens is 287 g/mol. The summed E-state index contributed by atoms with van der Waals surface area (Å²) >= 11 is 3.33. The lowest BCUT2D eigenvalue weighted by molar-refractivity contribution is -0.0331. The number of hydrogen-bond acceptors (Lipinski definition) is 3. The maximum atomic E-state index is 13.7. The molecule has 0 aromatic heterocycles. The highest BCUT2D eigenvalue weighted by Crippen LogP contribution is 2.25. The normalized spacial score (nSPS) is 23.6. The van der Waals surface area contributed by atoms with Crippen molar-refractivity contribution in [3.63, 3.8) is 0 Å². The maximum absolute atomic E-state index is 13.7. The summed E-state index contributed by atoms with van der Waals surface area (Å²) in [6.07, 6.45) is -0.155. The minimum Gasteiger partial charge on any atom is -0.374 e. The van der Waals surface area contributed by atoms with Crippen molar-refractivity contribution in [1.82, 2.24) is 4.90 Å². The first kappa shape index (κ1) is 13.0. The molecule has 1 aliphatic heterocycles. The van der Waals surface area contributed by atoms with Crippen LogP contribution >= 0.6 is 15.9 Å². The van der Waals surface area contributed by atoms with E-state index in [9.17, 15) is 4.39 Å². The molecule has 2 N–H and O–H groups in total. The smallest absolute Gasteiger partial charge is 0.128 e. The number of benzene rings is 1. The second-order valence-electron chi connectivity index (χ2n) is 4.36. The number of ether oxygens (including phenoxy) is 1. The van der Waals surface area contributed by atoms with Crippen molar-refractivity contribution < 1.29 is 9.13 Å². The molecule has 0 bridgehead atoms. The predicted molar refractivity (Wildman–Crippen MR) is 68.3 cm³/mol. The standard InChI is InChI=1S/C12H16BrFN2O/c1-16-4-5-17-11(7-16)12(15)9-6-8(13)2-3-10(9)14/h2-3,6,11-12H,4-5,7,15H2,1H3. The molecule has 94 valence electrons. The van der Waals surface area contributed by atoms with Gasteiger partial charge in [0.2, 0.25) is 0 Å². The third kappa shape index (κ3) is 3.04. The molecule has 2 rings (SSSR count). The molecule has 17 heavy (non-hydrogen) atoms. The number of likely N-dealkylation sites (N-methyl/N-ethyl adjacent to an activating group) is 1. The highest BCUT2D eigenvalue weighted by Gasteiger charge is 2.27. The van der Waals surface area contributed by atoms with E-state index in [4.69, 9.17) is 10.5 Å². The zero-order chi connectivity index (χ0) is 12.4. The molecule has 1 aromatic rings. The molecule has 0 spiro atoms. The first-order chi connectivity index (χ1) is 8.08. The van der Waals surface area contributed by atoms with E-state index in [-0.39, 0.29) is 11.9 Å². The Morgan fingerprint density at radius 2 is 2.35 bits per heavy atom. The van der Waals surface area contributed by atoms with Crippen LogP contribution in [0.3, 0.4) is 0 Å². The molecule has 3 nitrogen and oxygen atoms in total. The summed E-state index contributed by atoms with van der Waals surface area (Å²) in [7, 11) is 2.01. The molecule has 1 fully saturated rings.